The fraction of sp³-hybridized carbons (Fsp3) is 0.286. The molecule has 0 saturated carbocycles. The summed E-state index contributed by atoms with van der Waals surface area (Å²) in [7, 11) is 0. The van der Waals surface area contributed by atoms with Gasteiger partial charge in [0.1, 0.15) is 5.75 Å². The van der Waals surface area contributed by atoms with E-state index in [2.05, 4.69) is 31.2 Å². The Morgan fingerprint density at radius 3 is 2.63 bits per heavy atom. The van der Waals surface area contributed by atoms with E-state index in [4.69, 9.17) is 4.74 Å². The summed E-state index contributed by atoms with van der Waals surface area (Å²) in [5, 5.41) is 0. The number of allylic oxidation sites excluding steroid dienone is 3. The zero-order valence-corrected chi connectivity index (χ0v) is 14.5. The summed E-state index contributed by atoms with van der Waals surface area (Å²) in [6, 6.07) is 8.17. The minimum absolute atomic E-state index is 0. The Morgan fingerprint density at radius 1 is 1.26 bits per heavy atom. The number of hydrogen-bond donors (Lipinski definition) is 0. The second-order valence-corrected chi connectivity index (χ2v) is 4.63. The number of hydrogen-bond acceptors (Lipinski definition) is 2. The first kappa shape index (κ1) is 21.4. The van der Waals surface area contributed by atoms with Gasteiger partial charge in [-0.1, -0.05) is 19.1 Å². The van der Waals surface area contributed by atoms with Crippen molar-refractivity contribution in [2.45, 2.75) is 24.7 Å². The standard InChI is InChI=1S/C14H15OS.2ClH.Ti/c1-2-11-15-13-9-5-6-10-14(13)16-12-7-3-4-8-12;;;/h3,5-7,9-10H,2,4,11H2,1H3;2*1H;/q-1;;;+3/p-2. The largest absolute Gasteiger partial charge is 3.00 e. The molecule has 1 nitrogen and oxygen atoms in total. The van der Waals surface area contributed by atoms with Gasteiger partial charge in [-0.05, 0) is 18.6 Å². The van der Waals surface area contributed by atoms with E-state index in [9.17, 15) is 0 Å². The van der Waals surface area contributed by atoms with Crippen molar-refractivity contribution < 1.29 is 51.3 Å². The number of halogens is 2. The average Bonchev–Trinajstić information content (AvgIpc) is 2.81. The van der Waals surface area contributed by atoms with Crippen LogP contribution in [0.5, 0.6) is 5.75 Å². The Kier molecular flexibility index (Phi) is 13.5. The number of thioether (sulfide) groups is 1. The average molecular weight is 350 g/mol. The second-order valence-electron chi connectivity index (χ2n) is 3.54. The molecular formula is C14H15Cl2OSTi. The molecule has 101 valence electrons. The molecule has 0 unspecified atom stereocenters. The number of rotatable bonds is 5. The second kappa shape index (κ2) is 11.9. The van der Waals surface area contributed by atoms with Gasteiger partial charge in [-0.15, -0.1) is 18.2 Å². The molecule has 0 aliphatic heterocycles. The molecule has 0 N–H and O–H groups in total. The Balaban J connectivity index is 0. The molecule has 0 heterocycles. The van der Waals surface area contributed by atoms with Crippen molar-refractivity contribution >= 4 is 11.8 Å². The predicted octanol–water partition coefficient (Wildman–Crippen LogP) is -1.78. The quantitative estimate of drug-likeness (QED) is 0.459. The maximum Gasteiger partial charge on any atom is 3.00 e. The van der Waals surface area contributed by atoms with Crippen LogP contribution in [-0.2, 0) is 21.7 Å². The molecule has 2 rings (SSSR count). The van der Waals surface area contributed by atoms with Crippen LogP contribution in [0.3, 0.4) is 0 Å². The smallest absolute Gasteiger partial charge is 1.00 e. The molecule has 0 amide bonds. The normalized spacial score (nSPS) is 11.7. The van der Waals surface area contributed by atoms with Gasteiger partial charge in [0.25, 0.3) is 0 Å². The van der Waals surface area contributed by atoms with Crippen molar-refractivity contribution in [2.75, 3.05) is 6.61 Å². The molecule has 0 atom stereocenters. The van der Waals surface area contributed by atoms with Gasteiger partial charge in [-0.25, -0.2) is 6.08 Å². The fourth-order valence-corrected chi connectivity index (χ4v) is 2.37. The predicted molar refractivity (Wildman–Crippen MR) is 68.6 cm³/mol. The van der Waals surface area contributed by atoms with Crippen LogP contribution in [0, 0.1) is 6.08 Å². The van der Waals surface area contributed by atoms with E-state index in [-0.39, 0.29) is 46.5 Å². The van der Waals surface area contributed by atoms with E-state index in [1.54, 1.807) is 11.8 Å². The van der Waals surface area contributed by atoms with E-state index in [1.807, 2.05) is 18.2 Å². The summed E-state index contributed by atoms with van der Waals surface area (Å²) in [5.74, 6) is 0.976. The van der Waals surface area contributed by atoms with Crippen molar-refractivity contribution in [3.63, 3.8) is 0 Å². The van der Waals surface area contributed by atoms with Crippen LogP contribution in [0.2, 0.25) is 0 Å². The molecule has 0 fully saturated rings. The molecule has 1 aromatic rings. The van der Waals surface area contributed by atoms with Crippen molar-refractivity contribution in [3.05, 3.63) is 47.4 Å². The Morgan fingerprint density at radius 2 is 2.00 bits per heavy atom. The number of para-hydroxylation sites is 1. The first-order chi connectivity index (χ1) is 7.90. The van der Waals surface area contributed by atoms with Gasteiger partial charge in [0, 0.05) is 0 Å². The van der Waals surface area contributed by atoms with Gasteiger partial charge in [-0.2, -0.15) is 11.0 Å². The van der Waals surface area contributed by atoms with E-state index in [0.29, 0.717) is 0 Å². The van der Waals surface area contributed by atoms with E-state index >= 15 is 0 Å². The van der Waals surface area contributed by atoms with Gasteiger partial charge in [0.15, 0.2) is 0 Å². The van der Waals surface area contributed by atoms with Gasteiger partial charge >= 0.3 is 21.7 Å². The molecule has 0 bridgehead atoms. The monoisotopic (exact) mass is 349 g/mol. The van der Waals surface area contributed by atoms with Gasteiger partial charge in [0.2, 0.25) is 0 Å². The van der Waals surface area contributed by atoms with Crippen molar-refractivity contribution in [1.29, 1.82) is 0 Å². The number of ether oxygens (including phenoxy) is 1. The summed E-state index contributed by atoms with van der Waals surface area (Å²) in [4.78, 5) is 2.36. The summed E-state index contributed by atoms with van der Waals surface area (Å²) in [5.41, 5.74) is 0. The van der Waals surface area contributed by atoms with Gasteiger partial charge < -0.3 is 29.6 Å². The fourth-order valence-electron chi connectivity index (χ4n) is 1.44. The van der Waals surface area contributed by atoms with Gasteiger partial charge in [-0.3, -0.25) is 6.08 Å². The van der Waals surface area contributed by atoms with E-state index in [1.165, 1.54) is 9.80 Å². The summed E-state index contributed by atoms with van der Waals surface area (Å²) < 4.78 is 5.71. The number of benzene rings is 1. The SMILES string of the molecule is CCCOc1ccccc1SC1=[C-]CC=C1.[Cl-].[Cl-].[Ti+3]. The molecule has 0 aromatic heterocycles. The molecule has 0 saturated heterocycles. The van der Waals surface area contributed by atoms with E-state index < -0.39 is 0 Å². The molecule has 1 aliphatic carbocycles. The summed E-state index contributed by atoms with van der Waals surface area (Å²) in [6.45, 7) is 2.89. The molecular weight excluding hydrogens is 335 g/mol. The molecule has 5 heteroatoms. The maximum absolute atomic E-state index is 5.71. The zero-order valence-electron chi connectivity index (χ0n) is 10.7. The molecule has 19 heavy (non-hydrogen) atoms. The van der Waals surface area contributed by atoms with Crippen LogP contribution in [0.15, 0.2) is 46.2 Å². The van der Waals surface area contributed by atoms with E-state index in [0.717, 1.165) is 25.2 Å². The third-order valence-electron chi connectivity index (χ3n) is 2.19. The topological polar surface area (TPSA) is 9.23 Å². The Labute approximate surface area is 147 Å². The third-order valence-corrected chi connectivity index (χ3v) is 3.25. The van der Waals surface area contributed by atoms with Crippen LogP contribution in [0.25, 0.3) is 0 Å². The Hall–Kier alpha value is 0.144. The van der Waals surface area contributed by atoms with Crippen LogP contribution in [0.4, 0.5) is 0 Å². The van der Waals surface area contributed by atoms with Crippen molar-refractivity contribution in [2.24, 2.45) is 0 Å². The van der Waals surface area contributed by atoms with Crippen LogP contribution in [0.1, 0.15) is 19.8 Å². The summed E-state index contributed by atoms with van der Waals surface area (Å²) in [6.07, 6.45) is 9.50. The molecule has 1 aromatic carbocycles. The maximum atomic E-state index is 5.71. The van der Waals surface area contributed by atoms with Crippen LogP contribution in [-0.4, -0.2) is 6.61 Å². The first-order valence-corrected chi connectivity index (χ1v) is 6.39. The van der Waals surface area contributed by atoms with Crippen molar-refractivity contribution in [1.82, 2.24) is 0 Å². The minimum Gasteiger partial charge on any atom is -1.00 e. The third kappa shape index (κ3) is 6.92. The molecule has 0 spiro atoms. The first-order valence-electron chi connectivity index (χ1n) is 5.57. The molecule has 1 aliphatic rings. The van der Waals surface area contributed by atoms with Gasteiger partial charge in [0.05, 0.1) is 11.5 Å². The minimum atomic E-state index is 0. The Bertz CT molecular complexity index is 422. The zero-order chi connectivity index (χ0) is 11.2. The summed E-state index contributed by atoms with van der Waals surface area (Å²) >= 11 is 1.72. The van der Waals surface area contributed by atoms with Crippen molar-refractivity contribution in [3.8, 4) is 5.75 Å². The van der Waals surface area contributed by atoms with Crippen LogP contribution < -0.4 is 29.6 Å². The molecule has 1 radical (unpaired) electrons. The van der Waals surface area contributed by atoms with Crippen LogP contribution >= 0.6 is 11.8 Å².